The molecule has 0 spiro atoms. The van der Waals surface area contributed by atoms with Crippen molar-refractivity contribution in [2.45, 2.75) is 48.5 Å². The molecule has 1 saturated carbocycles. The van der Waals surface area contributed by atoms with E-state index in [0.717, 1.165) is 66.2 Å². The number of rotatable bonds is 5. The van der Waals surface area contributed by atoms with Gasteiger partial charge >= 0.3 is 0 Å². The first-order chi connectivity index (χ1) is 14.1. The van der Waals surface area contributed by atoms with Gasteiger partial charge in [0, 0.05) is 24.0 Å². The first kappa shape index (κ1) is 19.6. The number of anilines is 2. The molecule has 154 valence electrons. The first-order valence-corrected chi connectivity index (χ1v) is 12.4. The Labute approximate surface area is 182 Å². The maximum atomic E-state index is 12.5. The van der Waals surface area contributed by atoms with E-state index in [1.54, 1.807) is 0 Å². The Morgan fingerprint density at radius 3 is 2.76 bits per heavy atom. The highest BCUT2D eigenvalue weighted by atomic mass is 79.9. The maximum Gasteiger partial charge on any atom is 0.227 e. The van der Waals surface area contributed by atoms with E-state index in [1.807, 2.05) is 0 Å². The monoisotopic (exact) mass is 476 g/mol. The minimum Gasteiger partial charge on any atom is -0.611 e. The average Bonchev–Trinajstić information content (AvgIpc) is 3.42. The standard InChI is InChI=1S/C21H25BrN4O2S/c22-16-3-1-2-15(12-16)14-4-9-26(10-5-14)20-23-17-6-11-29(28)18(17)19(24-20)25-21(13-27)7-8-21/h1-3,12,14,27H,4-11,13H2,(H,23,24,25). The van der Waals surface area contributed by atoms with Crippen LogP contribution in [0.3, 0.4) is 0 Å². The Morgan fingerprint density at radius 2 is 2.07 bits per heavy atom. The van der Waals surface area contributed by atoms with Crippen molar-refractivity contribution in [2.75, 3.05) is 35.7 Å². The van der Waals surface area contributed by atoms with Crippen molar-refractivity contribution < 1.29 is 9.66 Å². The number of benzene rings is 1. The van der Waals surface area contributed by atoms with Crippen LogP contribution in [0.5, 0.6) is 0 Å². The van der Waals surface area contributed by atoms with Gasteiger partial charge in [-0.25, -0.2) is 4.98 Å². The highest BCUT2D eigenvalue weighted by Crippen LogP contribution is 2.42. The topological polar surface area (TPSA) is 84.3 Å². The van der Waals surface area contributed by atoms with E-state index in [9.17, 15) is 9.66 Å². The molecule has 3 aliphatic rings. The molecule has 1 aromatic carbocycles. The third-order valence-corrected chi connectivity index (χ3v) is 8.27. The van der Waals surface area contributed by atoms with Crippen LogP contribution in [0.15, 0.2) is 33.6 Å². The Bertz CT molecular complexity index is 916. The van der Waals surface area contributed by atoms with Crippen LogP contribution in [0.2, 0.25) is 0 Å². The number of hydrogen-bond acceptors (Lipinski definition) is 6. The second-order valence-electron chi connectivity index (χ2n) is 8.33. The normalized spacial score (nSPS) is 23.1. The zero-order valence-electron chi connectivity index (χ0n) is 16.2. The van der Waals surface area contributed by atoms with Gasteiger partial charge in [0.15, 0.2) is 5.82 Å². The summed E-state index contributed by atoms with van der Waals surface area (Å²) in [6, 6.07) is 8.59. The number of piperidine rings is 1. The Morgan fingerprint density at radius 1 is 1.28 bits per heavy atom. The lowest BCUT2D eigenvalue weighted by Crippen LogP contribution is -2.35. The minimum atomic E-state index is -1.06. The summed E-state index contributed by atoms with van der Waals surface area (Å²) >= 11 is 2.52. The molecule has 29 heavy (non-hydrogen) atoms. The van der Waals surface area contributed by atoms with Crippen molar-refractivity contribution in [3.8, 4) is 0 Å². The number of aryl methyl sites for hydroxylation is 1. The molecule has 1 atom stereocenters. The molecule has 2 aromatic rings. The van der Waals surface area contributed by atoms with Crippen LogP contribution in [-0.4, -0.2) is 50.6 Å². The van der Waals surface area contributed by atoms with Crippen LogP contribution in [0.25, 0.3) is 0 Å². The summed E-state index contributed by atoms with van der Waals surface area (Å²) in [5, 5.41) is 13.1. The Kier molecular flexibility index (Phi) is 5.22. The molecule has 8 heteroatoms. The minimum absolute atomic E-state index is 0.0752. The van der Waals surface area contributed by atoms with Gasteiger partial charge in [-0.05, 0) is 60.5 Å². The number of fused-ring (bicyclic) bond motifs is 1. The number of nitrogens with zero attached hydrogens (tertiary/aromatic N) is 3. The lowest BCUT2D eigenvalue weighted by molar-refractivity contribution is 0.265. The van der Waals surface area contributed by atoms with Gasteiger partial charge in [-0.3, -0.25) is 0 Å². The van der Waals surface area contributed by atoms with Gasteiger partial charge in [0.1, 0.15) is 11.4 Å². The number of hydrogen-bond donors (Lipinski definition) is 2. The SMILES string of the molecule is [O-][S+]1CCc2nc(N3CCC(c4cccc(Br)c4)CC3)nc(NC3(CO)CC3)c21. The van der Waals surface area contributed by atoms with E-state index >= 15 is 0 Å². The lowest BCUT2D eigenvalue weighted by atomic mass is 9.90. The molecule has 1 aliphatic carbocycles. The molecule has 2 aliphatic heterocycles. The summed E-state index contributed by atoms with van der Waals surface area (Å²) in [4.78, 5) is 12.6. The largest absolute Gasteiger partial charge is 0.611 e. The number of nitrogens with one attached hydrogen (secondary N) is 1. The number of aliphatic hydroxyl groups is 1. The summed E-state index contributed by atoms with van der Waals surface area (Å²) in [7, 11) is 0. The predicted octanol–water partition coefficient (Wildman–Crippen LogP) is 3.22. The van der Waals surface area contributed by atoms with Crippen LogP contribution in [0.4, 0.5) is 11.8 Å². The fraction of sp³-hybridized carbons (Fsp3) is 0.524. The zero-order chi connectivity index (χ0) is 20.0. The molecule has 1 aromatic heterocycles. The maximum absolute atomic E-state index is 12.5. The lowest BCUT2D eigenvalue weighted by Gasteiger charge is -2.32. The fourth-order valence-corrected chi connectivity index (χ4v) is 6.03. The van der Waals surface area contributed by atoms with Crippen molar-refractivity contribution in [3.05, 3.63) is 40.0 Å². The molecule has 5 rings (SSSR count). The van der Waals surface area contributed by atoms with Crippen LogP contribution in [-0.2, 0) is 17.6 Å². The number of aromatic nitrogens is 2. The summed E-state index contributed by atoms with van der Waals surface area (Å²) in [5.41, 5.74) is 1.99. The third-order valence-electron chi connectivity index (χ3n) is 6.31. The molecule has 1 unspecified atom stereocenters. The van der Waals surface area contributed by atoms with Gasteiger partial charge in [0.25, 0.3) is 0 Å². The van der Waals surface area contributed by atoms with Crippen molar-refractivity contribution in [2.24, 2.45) is 0 Å². The molecule has 6 nitrogen and oxygen atoms in total. The van der Waals surface area contributed by atoms with Gasteiger partial charge in [-0.15, -0.1) is 0 Å². The average molecular weight is 477 g/mol. The van der Waals surface area contributed by atoms with Crippen molar-refractivity contribution in [1.29, 1.82) is 0 Å². The highest BCUT2D eigenvalue weighted by molar-refractivity contribution is 9.10. The van der Waals surface area contributed by atoms with E-state index in [1.165, 1.54) is 5.56 Å². The smallest absolute Gasteiger partial charge is 0.227 e. The quantitative estimate of drug-likeness (QED) is 0.644. The summed E-state index contributed by atoms with van der Waals surface area (Å²) in [6.45, 7) is 1.89. The van der Waals surface area contributed by atoms with Gasteiger partial charge in [0.05, 0.1) is 12.1 Å². The third kappa shape index (κ3) is 3.87. The highest BCUT2D eigenvalue weighted by Gasteiger charge is 2.45. The second kappa shape index (κ2) is 7.72. The van der Waals surface area contributed by atoms with Gasteiger partial charge < -0.3 is 19.9 Å². The van der Waals surface area contributed by atoms with Crippen LogP contribution in [0, 0.1) is 0 Å². The molecule has 1 saturated heterocycles. The van der Waals surface area contributed by atoms with Crippen molar-refractivity contribution in [3.63, 3.8) is 0 Å². The first-order valence-electron chi connectivity index (χ1n) is 10.3. The summed E-state index contributed by atoms with van der Waals surface area (Å²) in [5.74, 6) is 2.56. The van der Waals surface area contributed by atoms with E-state index in [2.05, 4.69) is 50.4 Å². The summed E-state index contributed by atoms with van der Waals surface area (Å²) < 4.78 is 13.6. The van der Waals surface area contributed by atoms with Crippen molar-refractivity contribution in [1.82, 2.24) is 9.97 Å². The number of aliphatic hydroxyl groups excluding tert-OH is 1. The molecule has 2 fully saturated rings. The van der Waals surface area contributed by atoms with Crippen molar-refractivity contribution >= 4 is 38.9 Å². The molecular formula is C21H25BrN4O2S. The molecular weight excluding hydrogens is 452 g/mol. The predicted molar refractivity (Wildman–Crippen MR) is 118 cm³/mol. The Balaban J connectivity index is 1.36. The summed E-state index contributed by atoms with van der Waals surface area (Å²) in [6.07, 6.45) is 4.69. The Hall–Kier alpha value is -1.35. The van der Waals surface area contributed by atoms with Crippen LogP contribution in [0.1, 0.15) is 42.9 Å². The molecule has 2 N–H and O–H groups in total. The number of halogens is 1. The molecule has 3 heterocycles. The van der Waals surface area contributed by atoms with E-state index in [0.29, 0.717) is 17.5 Å². The van der Waals surface area contributed by atoms with E-state index in [-0.39, 0.29) is 12.1 Å². The second-order valence-corrected chi connectivity index (χ2v) is 10.8. The molecule has 0 radical (unpaired) electrons. The van der Waals surface area contributed by atoms with Gasteiger partial charge in [-0.2, -0.15) is 4.98 Å². The fourth-order valence-electron chi connectivity index (χ4n) is 4.31. The zero-order valence-corrected chi connectivity index (χ0v) is 18.6. The van der Waals surface area contributed by atoms with Gasteiger partial charge in [-0.1, -0.05) is 28.1 Å². The van der Waals surface area contributed by atoms with Crippen LogP contribution < -0.4 is 10.2 Å². The molecule has 0 amide bonds. The van der Waals surface area contributed by atoms with Crippen LogP contribution >= 0.6 is 15.9 Å². The molecule has 0 bridgehead atoms. The van der Waals surface area contributed by atoms with Gasteiger partial charge in [0.2, 0.25) is 10.8 Å². The van der Waals surface area contributed by atoms with E-state index in [4.69, 9.17) is 9.97 Å². The van der Waals surface area contributed by atoms with E-state index < -0.39 is 11.2 Å².